The van der Waals surface area contributed by atoms with Gasteiger partial charge in [0.15, 0.2) is 0 Å². The fourth-order valence-electron chi connectivity index (χ4n) is 2.11. The monoisotopic (exact) mass is 268 g/mol. The van der Waals surface area contributed by atoms with E-state index in [1.54, 1.807) is 7.11 Å². The number of fused-ring (bicyclic) bond motifs is 1. The summed E-state index contributed by atoms with van der Waals surface area (Å²) < 4.78 is 6.31. The van der Waals surface area contributed by atoms with E-state index in [2.05, 4.69) is 15.9 Å². The number of hydrogen-bond acceptors (Lipinski definition) is 2. The van der Waals surface area contributed by atoms with Crippen molar-refractivity contribution in [2.45, 2.75) is 25.7 Å². The van der Waals surface area contributed by atoms with Gasteiger partial charge in [-0.3, -0.25) is 4.79 Å². The molecule has 0 saturated heterocycles. The molecule has 2 rings (SSSR count). The molecule has 1 aromatic carbocycles. The van der Waals surface area contributed by atoms with Gasteiger partial charge >= 0.3 is 0 Å². The van der Waals surface area contributed by atoms with Crippen molar-refractivity contribution >= 4 is 21.7 Å². The lowest BCUT2D eigenvalue weighted by Gasteiger charge is -2.23. The number of ether oxygens (including phenoxy) is 1. The molecule has 3 heteroatoms. The van der Waals surface area contributed by atoms with E-state index in [1.807, 2.05) is 19.1 Å². The van der Waals surface area contributed by atoms with Gasteiger partial charge in [-0.05, 0) is 29.7 Å². The molecule has 1 aliphatic rings. The molecule has 0 aromatic heterocycles. The highest BCUT2D eigenvalue weighted by molar-refractivity contribution is 9.10. The highest BCUT2D eigenvalue weighted by atomic mass is 79.9. The van der Waals surface area contributed by atoms with Gasteiger partial charge in [-0.1, -0.05) is 22.9 Å². The van der Waals surface area contributed by atoms with Crippen LogP contribution in [0.25, 0.3) is 0 Å². The molecule has 0 amide bonds. The topological polar surface area (TPSA) is 26.3 Å². The van der Waals surface area contributed by atoms with E-state index >= 15 is 0 Å². The van der Waals surface area contributed by atoms with Crippen LogP contribution in [0.1, 0.15) is 30.4 Å². The Morgan fingerprint density at radius 3 is 2.80 bits per heavy atom. The van der Waals surface area contributed by atoms with Crippen LogP contribution in [0.5, 0.6) is 5.75 Å². The third-order valence-electron chi connectivity index (χ3n) is 3.00. The van der Waals surface area contributed by atoms with Gasteiger partial charge in [0.2, 0.25) is 0 Å². The van der Waals surface area contributed by atoms with Gasteiger partial charge in [-0.15, -0.1) is 0 Å². The zero-order chi connectivity index (χ0) is 11.0. The number of rotatable bonds is 1. The van der Waals surface area contributed by atoms with Gasteiger partial charge in [-0.2, -0.15) is 0 Å². The smallest absolute Gasteiger partial charge is 0.140 e. The third-order valence-corrected chi connectivity index (χ3v) is 3.46. The van der Waals surface area contributed by atoms with Crippen LogP contribution < -0.4 is 4.74 Å². The zero-order valence-corrected chi connectivity index (χ0v) is 10.4. The lowest BCUT2D eigenvalue weighted by Crippen LogP contribution is -2.18. The molecule has 1 atom stereocenters. The molecule has 0 spiro atoms. The molecule has 0 saturated carbocycles. The van der Waals surface area contributed by atoms with Crippen LogP contribution in [0.4, 0.5) is 0 Å². The van der Waals surface area contributed by atoms with Crippen LogP contribution in [-0.2, 0) is 11.2 Å². The fourth-order valence-corrected chi connectivity index (χ4v) is 2.56. The van der Waals surface area contributed by atoms with Gasteiger partial charge in [-0.25, -0.2) is 0 Å². The van der Waals surface area contributed by atoms with E-state index in [-0.39, 0.29) is 5.92 Å². The Hall–Kier alpha value is -0.830. The Morgan fingerprint density at radius 2 is 2.13 bits per heavy atom. The maximum absolute atomic E-state index is 11.6. The first kappa shape index (κ1) is 10.7. The first-order valence-electron chi connectivity index (χ1n) is 5.02. The van der Waals surface area contributed by atoms with Gasteiger partial charge in [0.05, 0.1) is 7.11 Å². The summed E-state index contributed by atoms with van der Waals surface area (Å²) in [4.78, 5) is 11.6. The summed E-state index contributed by atoms with van der Waals surface area (Å²) in [5.41, 5.74) is 2.30. The second-order valence-electron chi connectivity index (χ2n) is 3.86. The second-order valence-corrected chi connectivity index (χ2v) is 4.78. The molecule has 80 valence electrons. The number of hydrogen-bond donors (Lipinski definition) is 0. The summed E-state index contributed by atoms with van der Waals surface area (Å²) in [6.07, 6.45) is 1.43. The van der Waals surface area contributed by atoms with Gasteiger partial charge in [0.25, 0.3) is 0 Å². The largest absolute Gasteiger partial charge is 0.496 e. The first-order valence-corrected chi connectivity index (χ1v) is 5.81. The predicted molar refractivity (Wildman–Crippen MR) is 62.4 cm³/mol. The molecule has 0 aliphatic heterocycles. The van der Waals surface area contributed by atoms with E-state index in [0.717, 1.165) is 22.2 Å². The Bertz CT molecular complexity index is 412. The lowest BCUT2D eigenvalue weighted by atomic mass is 9.82. The van der Waals surface area contributed by atoms with Crippen molar-refractivity contribution < 1.29 is 9.53 Å². The van der Waals surface area contributed by atoms with E-state index in [9.17, 15) is 4.79 Å². The first-order chi connectivity index (χ1) is 7.13. The van der Waals surface area contributed by atoms with Crippen molar-refractivity contribution in [2.75, 3.05) is 7.11 Å². The number of carbonyl (C=O) groups is 1. The van der Waals surface area contributed by atoms with Crippen molar-refractivity contribution in [3.8, 4) is 5.75 Å². The quantitative estimate of drug-likeness (QED) is 0.783. The maximum Gasteiger partial charge on any atom is 0.140 e. The van der Waals surface area contributed by atoms with Crippen molar-refractivity contribution in [3.05, 3.63) is 27.7 Å². The lowest BCUT2D eigenvalue weighted by molar-refractivity contribution is -0.120. The summed E-state index contributed by atoms with van der Waals surface area (Å²) in [7, 11) is 1.67. The van der Waals surface area contributed by atoms with Crippen LogP contribution >= 0.6 is 15.9 Å². The number of benzene rings is 1. The molecule has 0 heterocycles. The second kappa shape index (κ2) is 3.97. The van der Waals surface area contributed by atoms with E-state index in [1.165, 1.54) is 5.56 Å². The summed E-state index contributed by atoms with van der Waals surface area (Å²) in [6, 6.07) is 3.99. The van der Waals surface area contributed by atoms with Crippen molar-refractivity contribution in [1.29, 1.82) is 0 Å². The summed E-state index contributed by atoms with van der Waals surface area (Å²) in [5.74, 6) is 1.21. The van der Waals surface area contributed by atoms with Crippen LogP contribution in [0.15, 0.2) is 16.6 Å². The van der Waals surface area contributed by atoms with Crippen molar-refractivity contribution in [3.63, 3.8) is 0 Å². The Kier molecular flexibility index (Phi) is 2.83. The standard InChI is InChI=1S/C12H13BrO2/c1-7-10-5-8(13)6-12(15-2)9(10)3-4-11(7)14/h5-7H,3-4H2,1-2H3. The van der Waals surface area contributed by atoms with Crippen molar-refractivity contribution in [1.82, 2.24) is 0 Å². The molecule has 0 bridgehead atoms. The minimum Gasteiger partial charge on any atom is -0.496 e. The fraction of sp³-hybridized carbons (Fsp3) is 0.417. The number of methoxy groups -OCH3 is 1. The highest BCUT2D eigenvalue weighted by Gasteiger charge is 2.26. The van der Waals surface area contributed by atoms with Gasteiger partial charge in [0, 0.05) is 16.8 Å². The highest BCUT2D eigenvalue weighted by Crippen LogP contribution is 2.37. The van der Waals surface area contributed by atoms with Gasteiger partial charge in [0.1, 0.15) is 11.5 Å². The molecule has 1 aliphatic carbocycles. The minimum absolute atomic E-state index is 0.000139. The van der Waals surface area contributed by atoms with Crippen LogP contribution in [0.2, 0.25) is 0 Å². The zero-order valence-electron chi connectivity index (χ0n) is 8.84. The number of ketones is 1. The van der Waals surface area contributed by atoms with Gasteiger partial charge < -0.3 is 4.74 Å². The van der Waals surface area contributed by atoms with Crippen molar-refractivity contribution in [2.24, 2.45) is 0 Å². The molecule has 0 fully saturated rings. The summed E-state index contributed by atoms with van der Waals surface area (Å²) >= 11 is 3.44. The van der Waals surface area contributed by atoms with E-state index in [0.29, 0.717) is 12.2 Å². The molecule has 0 radical (unpaired) electrons. The van der Waals surface area contributed by atoms with E-state index < -0.39 is 0 Å². The predicted octanol–water partition coefficient (Wildman–Crippen LogP) is 3.08. The molecule has 2 nitrogen and oxygen atoms in total. The molecular weight excluding hydrogens is 256 g/mol. The molecular formula is C12H13BrO2. The maximum atomic E-state index is 11.6. The Balaban J connectivity index is 2.58. The molecule has 1 aromatic rings. The molecule has 0 N–H and O–H groups in total. The number of carbonyl (C=O) groups excluding carboxylic acids is 1. The summed E-state index contributed by atoms with van der Waals surface area (Å²) in [6.45, 7) is 1.96. The average molecular weight is 269 g/mol. The number of halogens is 1. The molecule has 15 heavy (non-hydrogen) atoms. The van der Waals surface area contributed by atoms with E-state index in [4.69, 9.17) is 4.74 Å². The molecule has 1 unspecified atom stereocenters. The van der Waals surface area contributed by atoms with Crippen LogP contribution in [-0.4, -0.2) is 12.9 Å². The van der Waals surface area contributed by atoms with Crippen LogP contribution in [0.3, 0.4) is 0 Å². The Labute approximate surface area is 97.8 Å². The normalized spacial score (nSPS) is 19.9. The average Bonchev–Trinajstić information content (AvgIpc) is 2.23. The number of Topliss-reactive ketones (excluding diaryl/α,β-unsaturated/α-hetero) is 1. The van der Waals surface area contributed by atoms with Crippen LogP contribution in [0, 0.1) is 0 Å². The SMILES string of the molecule is COc1cc(Br)cc2c1CCC(=O)C2C. The Morgan fingerprint density at radius 1 is 1.40 bits per heavy atom. The summed E-state index contributed by atoms with van der Waals surface area (Å²) in [5, 5.41) is 0. The minimum atomic E-state index is 0.000139. The third kappa shape index (κ3) is 1.81.